The molecule has 1 heterocycles. The van der Waals surface area contributed by atoms with Crippen molar-refractivity contribution in [1.29, 1.82) is 0 Å². The van der Waals surface area contributed by atoms with Crippen molar-refractivity contribution in [2.24, 2.45) is 0 Å². The van der Waals surface area contributed by atoms with Crippen LogP contribution in [0.25, 0.3) is 0 Å². The third-order valence-corrected chi connectivity index (χ3v) is 5.78. The minimum atomic E-state index is -1.33. The van der Waals surface area contributed by atoms with Crippen LogP contribution in [0.1, 0.15) is 27.7 Å². The number of halogens is 3. The van der Waals surface area contributed by atoms with Gasteiger partial charge in [0.2, 0.25) is 12.4 Å². The zero-order valence-electron chi connectivity index (χ0n) is 18.0. The van der Waals surface area contributed by atoms with Crippen molar-refractivity contribution < 1.29 is 47.6 Å². The first-order valence-corrected chi connectivity index (χ1v) is 11.9. The summed E-state index contributed by atoms with van der Waals surface area (Å²) in [7, 11) is 0. The van der Waals surface area contributed by atoms with Gasteiger partial charge in [-0.05, 0) is 44.0 Å². The van der Waals surface area contributed by atoms with Gasteiger partial charge < -0.3 is 28.4 Å². The Morgan fingerprint density at radius 3 is 1.76 bits per heavy atom. The third kappa shape index (κ3) is 7.94. The van der Waals surface area contributed by atoms with Crippen LogP contribution in [0.3, 0.4) is 0 Å². The van der Waals surface area contributed by atoms with Crippen molar-refractivity contribution in [3.05, 3.63) is 25.6 Å². The molecule has 0 bridgehead atoms. The van der Waals surface area contributed by atoms with Gasteiger partial charge in [-0.15, -0.1) is 0 Å². The summed E-state index contributed by atoms with van der Waals surface area (Å²) in [5.74, 6) is -2.48. The van der Waals surface area contributed by atoms with Gasteiger partial charge >= 0.3 is 23.9 Å². The van der Waals surface area contributed by atoms with Gasteiger partial charge in [0.1, 0.15) is 12.7 Å². The van der Waals surface area contributed by atoms with Crippen LogP contribution in [0.15, 0.2) is 25.6 Å². The Morgan fingerprint density at radius 2 is 1.27 bits per heavy atom. The lowest BCUT2D eigenvalue weighted by Gasteiger charge is -2.44. The van der Waals surface area contributed by atoms with Gasteiger partial charge in [0.25, 0.3) is 0 Å². The molecule has 13 heteroatoms. The molecule has 1 aliphatic heterocycles. The highest BCUT2D eigenvalue weighted by molar-refractivity contribution is 9.11. The molecule has 0 spiro atoms. The molecule has 0 amide bonds. The summed E-state index contributed by atoms with van der Waals surface area (Å²) in [6.45, 7) is 4.29. The summed E-state index contributed by atoms with van der Waals surface area (Å²) in [5.41, 5.74) is 0. The summed E-state index contributed by atoms with van der Waals surface area (Å²) < 4.78 is 34.8. The first kappa shape index (κ1) is 27.5. The number of esters is 4. The van der Waals surface area contributed by atoms with Crippen molar-refractivity contribution in [1.82, 2.24) is 0 Å². The fourth-order valence-electron chi connectivity index (χ4n) is 3.04. The Bertz CT molecular complexity index is 898. The number of ether oxygens (including phenoxy) is 6. The molecule has 1 aromatic carbocycles. The van der Waals surface area contributed by atoms with E-state index in [0.717, 1.165) is 25.2 Å². The number of rotatable bonds is 7. The van der Waals surface area contributed by atoms with Gasteiger partial charge in [0.15, 0.2) is 18.0 Å². The molecule has 0 aliphatic carbocycles. The Morgan fingerprint density at radius 1 is 0.788 bits per heavy atom. The smallest absolute Gasteiger partial charge is 0.303 e. The van der Waals surface area contributed by atoms with Gasteiger partial charge in [0.05, 0.1) is 8.95 Å². The molecule has 182 valence electrons. The van der Waals surface area contributed by atoms with E-state index in [0.29, 0.717) is 14.7 Å². The lowest BCUT2D eigenvalue weighted by atomic mass is 9.98. The normalized spacial score (nSPS) is 24.4. The van der Waals surface area contributed by atoms with Crippen molar-refractivity contribution in [2.75, 3.05) is 6.61 Å². The van der Waals surface area contributed by atoms with Crippen molar-refractivity contribution in [2.45, 2.75) is 58.4 Å². The summed E-state index contributed by atoms with van der Waals surface area (Å²) in [6.07, 6.45) is -6.34. The van der Waals surface area contributed by atoms with Crippen LogP contribution in [-0.4, -0.2) is 61.2 Å². The zero-order valence-corrected chi connectivity index (χ0v) is 22.7. The first-order valence-electron chi connectivity index (χ1n) is 9.50. The van der Waals surface area contributed by atoms with E-state index in [1.54, 1.807) is 12.1 Å². The molecule has 0 radical (unpaired) electrons. The van der Waals surface area contributed by atoms with Gasteiger partial charge in [0, 0.05) is 32.2 Å². The molecule has 1 aliphatic rings. The standard InChI is InChI=1S/C20H21Br3O10/c1-8(24)28-7-15-17(29-9(2)25)18(30-10(3)26)19(31-11(4)27)20(32-15)33-16-13(22)5-12(21)6-14(16)23/h5-6,15,17-20H,7H2,1-4H3. The largest absolute Gasteiger partial charge is 0.463 e. The minimum absolute atomic E-state index is 0.291. The van der Waals surface area contributed by atoms with Crippen molar-refractivity contribution in [3.63, 3.8) is 0 Å². The van der Waals surface area contributed by atoms with E-state index in [9.17, 15) is 19.2 Å². The van der Waals surface area contributed by atoms with Crippen LogP contribution in [0, 0.1) is 0 Å². The van der Waals surface area contributed by atoms with Crippen LogP contribution in [0.5, 0.6) is 5.75 Å². The van der Waals surface area contributed by atoms with E-state index in [2.05, 4.69) is 47.8 Å². The van der Waals surface area contributed by atoms with Crippen LogP contribution < -0.4 is 4.74 Å². The SMILES string of the molecule is CC(=O)OCC1OC(Oc2c(Br)cc(Br)cc2Br)C(OC(C)=O)C(OC(C)=O)C1OC(C)=O. The maximum atomic E-state index is 11.9. The lowest BCUT2D eigenvalue weighted by Crippen LogP contribution is -2.63. The Hall–Kier alpha value is -1.70. The Kier molecular flexibility index (Phi) is 10.1. The average Bonchev–Trinajstić information content (AvgIpc) is 2.66. The number of benzene rings is 1. The van der Waals surface area contributed by atoms with Gasteiger partial charge in [-0.25, -0.2) is 0 Å². The lowest BCUT2D eigenvalue weighted by molar-refractivity contribution is -0.288. The van der Waals surface area contributed by atoms with Crippen molar-refractivity contribution in [3.8, 4) is 5.75 Å². The highest BCUT2D eigenvalue weighted by Gasteiger charge is 2.53. The molecule has 5 atom stereocenters. The molecular formula is C20H21Br3O10. The second-order valence-electron chi connectivity index (χ2n) is 6.88. The second-order valence-corrected chi connectivity index (χ2v) is 9.51. The molecule has 1 aromatic rings. The van der Waals surface area contributed by atoms with Crippen LogP contribution in [-0.2, 0) is 42.9 Å². The molecular weight excluding hydrogens is 640 g/mol. The van der Waals surface area contributed by atoms with E-state index in [1.165, 1.54) is 6.92 Å². The summed E-state index contributed by atoms with van der Waals surface area (Å²) >= 11 is 10.1. The molecule has 1 saturated heterocycles. The number of carbonyl (C=O) groups is 4. The molecule has 5 unspecified atom stereocenters. The van der Waals surface area contributed by atoms with E-state index in [-0.39, 0.29) is 6.61 Å². The molecule has 0 N–H and O–H groups in total. The maximum Gasteiger partial charge on any atom is 0.303 e. The Labute approximate surface area is 214 Å². The van der Waals surface area contributed by atoms with Crippen LogP contribution in [0.4, 0.5) is 0 Å². The molecule has 10 nitrogen and oxygen atoms in total. The van der Waals surface area contributed by atoms with Gasteiger partial charge in [-0.1, -0.05) is 15.9 Å². The summed E-state index contributed by atoms with van der Waals surface area (Å²) in [4.78, 5) is 46.9. The number of hydrogen-bond donors (Lipinski definition) is 0. The molecule has 0 saturated carbocycles. The minimum Gasteiger partial charge on any atom is -0.463 e. The summed E-state index contributed by atoms with van der Waals surface area (Å²) in [6, 6.07) is 3.43. The molecule has 2 rings (SSSR count). The average molecular weight is 661 g/mol. The third-order valence-electron chi connectivity index (χ3n) is 4.15. The van der Waals surface area contributed by atoms with Crippen molar-refractivity contribution >= 4 is 71.7 Å². The predicted octanol–water partition coefficient (Wildman–Crippen LogP) is 3.44. The quantitative estimate of drug-likeness (QED) is 0.317. The molecule has 33 heavy (non-hydrogen) atoms. The number of hydrogen-bond acceptors (Lipinski definition) is 10. The molecule has 0 aromatic heterocycles. The highest BCUT2D eigenvalue weighted by atomic mass is 79.9. The van der Waals surface area contributed by atoms with E-state index >= 15 is 0 Å². The van der Waals surface area contributed by atoms with Crippen LogP contribution in [0.2, 0.25) is 0 Å². The fraction of sp³-hybridized carbons (Fsp3) is 0.500. The van der Waals surface area contributed by atoms with Crippen LogP contribution >= 0.6 is 47.8 Å². The second kappa shape index (κ2) is 12.1. The summed E-state index contributed by atoms with van der Waals surface area (Å²) in [5, 5.41) is 0. The Balaban J connectivity index is 2.52. The maximum absolute atomic E-state index is 11.9. The van der Waals surface area contributed by atoms with E-state index in [1.807, 2.05) is 0 Å². The zero-order chi connectivity index (χ0) is 24.9. The fourth-order valence-corrected chi connectivity index (χ4v) is 5.49. The van der Waals surface area contributed by atoms with Gasteiger partial charge in [-0.3, -0.25) is 19.2 Å². The van der Waals surface area contributed by atoms with E-state index < -0.39 is 54.6 Å². The monoisotopic (exact) mass is 658 g/mol. The number of carbonyl (C=O) groups excluding carboxylic acids is 4. The highest BCUT2D eigenvalue weighted by Crippen LogP contribution is 2.39. The first-order chi connectivity index (χ1) is 15.4. The van der Waals surface area contributed by atoms with Gasteiger partial charge in [-0.2, -0.15) is 0 Å². The molecule has 1 fully saturated rings. The topological polar surface area (TPSA) is 124 Å². The predicted molar refractivity (Wildman–Crippen MR) is 122 cm³/mol. The van der Waals surface area contributed by atoms with E-state index in [4.69, 9.17) is 28.4 Å².